The third-order valence-electron chi connectivity index (χ3n) is 4.27. The Kier molecular flexibility index (Phi) is 3.68. The quantitative estimate of drug-likeness (QED) is 0.764. The van der Waals surface area contributed by atoms with Gasteiger partial charge in [-0.15, -0.1) is 0 Å². The van der Waals surface area contributed by atoms with Crippen LogP contribution in [0.5, 0.6) is 0 Å². The highest BCUT2D eigenvalue weighted by molar-refractivity contribution is 4.85. The molecule has 3 atom stereocenters. The van der Waals surface area contributed by atoms with E-state index in [9.17, 15) is 0 Å². The van der Waals surface area contributed by atoms with Crippen LogP contribution in [-0.2, 0) is 0 Å². The fraction of sp³-hybridized carbons (Fsp3) is 1.00. The highest BCUT2D eigenvalue weighted by atomic mass is 15.2. The summed E-state index contributed by atoms with van der Waals surface area (Å²) < 4.78 is 0. The van der Waals surface area contributed by atoms with Crippen LogP contribution in [0.1, 0.15) is 40.0 Å². The van der Waals surface area contributed by atoms with Crippen LogP contribution in [0.2, 0.25) is 0 Å². The Morgan fingerprint density at radius 2 is 1.93 bits per heavy atom. The summed E-state index contributed by atoms with van der Waals surface area (Å²) in [6, 6.07) is 1.58. The molecule has 2 fully saturated rings. The van der Waals surface area contributed by atoms with Crippen molar-refractivity contribution >= 4 is 0 Å². The summed E-state index contributed by atoms with van der Waals surface area (Å²) in [6.45, 7) is 11.0. The zero-order valence-electron chi connectivity index (χ0n) is 10.5. The molecule has 0 bridgehead atoms. The molecule has 0 aromatic carbocycles. The van der Waals surface area contributed by atoms with Gasteiger partial charge >= 0.3 is 0 Å². The van der Waals surface area contributed by atoms with Gasteiger partial charge in [0.1, 0.15) is 0 Å². The first-order chi connectivity index (χ1) is 7.16. The molecule has 1 saturated carbocycles. The molecule has 2 rings (SSSR count). The summed E-state index contributed by atoms with van der Waals surface area (Å²) in [5.41, 5.74) is 0. The summed E-state index contributed by atoms with van der Waals surface area (Å²) in [6.07, 6.45) is 4.19. The maximum absolute atomic E-state index is 3.64. The molecule has 0 aromatic heterocycles. The molecule has 1 heterocycles. The van der Waals surface area contributed by atoms with Crippen molar-refractivity contribution < 1.29 is 0 Å². The van der Waals surface area contributed by atoms with Gasteiger partial charge in [0.25, 0.3) is 0 Å². The molecule has 88 valence electrons. The predicted molar refractivity (Wildman–Crippen MR) is 65.0 cm³/mol. The van der Waals surface area contributed by atoms with Gasteiger partial charge in [-0.05, 0) is 44.6 Å². The van der Waals surface area contributed by atoms with E-state index in [1.807, 2.05) is 0 Å². The topological polar surface area (TPSA) is 15.3 Å². The second kappa shape index (κ2) is 4.84. The maximum Gasteiger partial charge on any atom is 0.0192 e. The minimum Gasteiger partial charge on any atom is -0.312 e. The molecule has 2 nitrogen and oxygen atoms in total. The summed E-state index contributed by atoms with van der Waals surface area (Å²) in [5, 5.41) is 3.64. The van der Waals surface area contributed by atoms with Crippen LogP contribution < -0.4 is 5.32 Å². The lowest BCUT2D eigenvalue weighted by Crippen LogP contribution is -2.47. The second-order valence-corrected chi connectivity index (χ2v) is 5.77. The molecule has 2 aliphatic rings. The van der Waals surface area contributed by atoms with Crippen molar-refractivity contribution in [2.75, 3.05) is 19.6 Å². The van der Waals surface area contributed by atoms with E-state index in [0.717, 1.165) is 23.9 Å². The molecule has 0 aromatic rings. The number of rotatable bonds is 4. The molecule has 2 heteroatoms. The van der Waals surface area contributed by atoms with E-state index in [-0.39, 0.29) is 0 Å². The van der Waals surface area contributed by atoms with Gasteiger partial charge in [0.15, 0.2) is 0 Å². The van der Waals surface area contributed by atoms with E-state index in [0.29, 0.717) is 0 Å². The van der Waals surface area contributed by atoms with Gasteiger partial charge < -0.3 is 5.32 Å². The predicted octanol–water partition coefficient (Wildman–Crippen LogP) is 2.10. The molecule has 1 aliphatic heterocycles. The van der Waals surface area contributed by atoms with Crippen LogP contribution in [0, 0.1) is 11.8 Å². The number of piperidine rings is 1. The monoisotopic (exact) mass is 210 g/mol. The van der Waals surface area contributed by atoms with Crippen LogP contribution in [0.4, 0.5) is 0 Å². The van der Waals surface area contributed by atoms with E-state index in [1.54, 1.807) is 0 Å². The van der Waals surface area contributed by atoms with Crippen molar-refractivity contribution in [3.8, 4) is 0 Å². The zero-order chi connectivity index (χ0) is 10.8. The lowest BCUT2D eigenvalue weighted by molar-refractivity contribution is 0.102. The number of nitrogens with one attached hydrogen (secondary N) is 1. The summed E-state index contributed by atoms with van der Waals surface area (Å²) in [5.74, 6) is 1.80. The second-order valence-electron chi connectivity index (χ2n) is 5.77. The first-order valence-corrected chi connectivity index (χ1v) is 6.64. The first kappa shape index (κ1) is 11.4. The summed E-state index contributed by atoms with van der Waals surface area (Å²) in [7, 11) is 0. The van der Waals surface area contributed by atoms with Gasteiger partial charge in [-0.3, -0.25) is 4.90 Å². The Hall–Kier alpha value is -0.0800. The normalized spacial score (nSPS) is 35.4. The third kappa shape index (κ3) is 3.18. The fourth-order valence-electron chi connectivity index (χ4n) is 2.45. The van der Waals surface area contributed by atoms with Crippen LogP contribution >= 0.6 is 0 Å². The third-order valence-corrected chi connectivity index (χ3v) is 4.27. The highest BCUT2D eigenvalue weighted by Gasteiger charge is 2.27. The van der Waals surface area contributed by atoms with Crippen LogP contribution in [0.15, 0.2) is 0 Å². The molecule has 1 saturated heterocycles. The van der Waals surface area contributed by atoms with Gasteiger partial charge in [0.2, 0.25) is 0 Å². The lowest BCUT2D eigenvalue weighted by atomic mass is 9.88. The van der Waals surface area contributed by atoms with Crippen molar-refractivity contribution in [1.29, 1.82) is 0 Å². The molecule has 15 heavy (non-hydrogen) atoms. The fourth-order valence-corrected chi connectivity index (χ4v) is 2.45. The molecule has 1 N–H and O–H groups in total. The number of nitrogens with zero attached hydrogens (tertiary/aromatic N) is 1. The SMILES string of the molecule is CC1CCN(C(C)CNC2CC2)CC1C. The summed E-state index contributed by atoms with van der Waals surface area (Å²) >= 11 is 0. The van der Waals surface area contributed by atoms with E-state index in [2.05, 4.69) is 31.0 Å². The van der Waals surface area contributed by atoms with Crippen molar-refractivity contribution in [2.24, 2.45) is 11.8 Å². The van der Waals surface area contributed by atoms with Crippen molar-refractivity contribution in [2.45, 2.75) is 52.1 Å². The molecule has 0 spiro atoms. The standard InChI is InChI=1S/C13H26N2/c1-10-6-7-15(9-11(10)2)12(3)8-14-13-4-5-13/h10-14H,4-9H2,1-3H3. The number of hydrogen-bond donors (Lipinski definition) is 1. The molecule has 0 radical (unpaired) electrons. The number of likely N-dealkylation sites (tertiary alicyclic amines) is 1. The van der Waals surface area contributed by atoms with E-state index < -0.39 is 0 Å². The Morgan fingerprint density at radius 1 is 1.20 bits per heavy atom. The van der Waals surface area contributed by atoms with Crippen molar-refractivity contribution in [3.63, 3.8) is 0 Å². The first-order valence-electron chi connectivity index (χ1n) is 6.64. The smallest absolute Gasteiger partial charge is 0.0192 e. The summed E-state index contributed by atoms with van der Waals surface area (Å²) in [4.78, 5) is 2.67. The number of hydrogen-bond acceptors (Lipinski definition) is 2. The van der Waals surface area contributed by atoms with E-state index in [1.165, 1.54) is 38.9 Å². The molecule has 0 amide bonds. The molecular formula is C13H26N2. The van der Waals surface area contributed by atoms with Crippen molar-refractivity contribution in [3.05, 3.63) is 0 Å². The van der Waals surface area contributed by atoms with Gasteiger partial charge in [0, 0.05) is 25.2 Å². The minimum atomic E-state index is 0.723. The van der Waals surface area contributed by atoms with Crippen LogP contribution in [-0.4, -0.2) is 36.6 Å². The molecule has 3 unspecified atom stereocenters. The van der Waals surface area contributed by atoms with Crippen LogP contribution in [0.3, 0.4) is 0 Å². The Bertz CT molecular complexity index is 201. The Labute approximate surface area is 94.4 Å². The average Bonchev–Trinajstić information content (AvgIpc) is 3.02. The minimum absolute atomic E-state index is 0.723. The highest BCUT2D eigenvalue weighted by Crippen LogP contribution is 2.24. The maximum atomic E-state index is 3.64. The zero-order valence-corrected chi connectivity index (χ0v) is 10.5. The average molecular weight is 210 g/mol. The Morgan fingerprint density at radius 3 is 2.53 bits per heavy atom. The van der Waals surface area contributed by atoms with Gasteiger partial charge in [-0.1, -0.05) is 13.8 Å². The molecular weight excluding hydrogens is 184 g/mol. The van der Waals surface area contributed by atoms with Crippen LogP contribution in [0.25, 0.3) is 0 Å². The van der Waals surface area contributed by atoms with Gasteiger partial charge in [-0.25, -0.2) is 0 Å². The van der Waals surface area contributed by atoms with E-state index >= 15 is 0 Å². The largest absolute Gasteiger partial charge is 0.312 e. The van der Waals surface area contributed by atoms with Crippen molar-refractivity contribution in [1.82, 2.24) is 10.2 Å². The van der Waals surface area contributed by atoms with Gasteiger partial charge in [0.05, 0.1) is 0 Å². The van der Waals surface area contributed by atoms with E-state index in [4.69, 9.17) is 0 Å². The van der Waals surface area contributed by atoms with Gasteiger partial charge in [-0.2, -0.15) is 0 Å². The molecule has 1 aliphatic carbocycles. The lowest BCUT2D eigenvalue weighted by Gasteiger charge is -2.39. The Balaban J connectivity index is 1.71.